The zero-order valence-corrected chi connectivity index (χ0v) is 19.9. The second-order valence-corrected chi connectivity index (χ2v) is 7.59. The van der Waals surface area contributed by atoms with Gasteiger partial charge < -0.3 is 18.9 Å². The molecular weight excluding hydrogens is 472 g/mol. The number of halogens is 1. The van der Waals surface area contributed by atoms with E-state index < -0.39 is 5.97 Å². The maximum absolute atomic E-state index is 12.2. The molecule has 0 unspecified atom stereocenters. The van der Waals surface area contributed by atoms with Gasteiger partial charge in [-0.25, -0.2) is 19.4 Å². The summed E-state index contributed by atoms with van der Waals surface area (Å²) in [5.74, 6) is 0.734. The molecule has 9 nitrogen and oxygen atoms in total. The molecule has 35 heavy (non-hydrogen) atoms. The van der Waals surface area contributed by atoms with Gasteiger partial charge in [0.25, 0.3) is 0 Å². The van der Waals surface area contributed by atoms with E-state index in [1.807, 2.05) is 12.1 Å². The Kier molecular flexibility index (Phi) is 7.27. The molecule has 0 saturated carbocycles. The summed E-state index contributed by atoms with van der Waals surface area (Å²) in [7, 11) is 4.50. The number of esters is 1. The van der Waals surface area contributed by atoms with Crippen molar-refractivity contribution in [3.8, 4) is 34.6 Å². The topological polar surface area (TPSA) is 97.6 Å². The Bertz CT molecular complexity index is 1370. The van der Waals surface area contributed by atoms with Crippen LogP contribution < -0.4 is 9.47 Å². The highest BCUT2D eigenvalue weighted by atomic mass is 35.5. The average Bonchev–Trinajstić information content (AvgIpc) is 3.23. The first-order valence-corrected chi connectivity index (χ1v) is 10.7. The van der Waals surface area contributed by atoms with Crippen LogP contribution in [-0.2, 0) is 21.3 Å². The molecule has 0 N–H and O–H groups in total. The summed E-state index contributed by atoms with van der Waals surface area (Å²) in [6.45, 7) is 0. The first-order chi connectivity index (χ1) is 17.0. The molecule has 0 amide bonds. The number of carbonyl (C=O) groups excluding carboxylic acids is 1. The van der Waals surface area contributed by atoms with Gasteiger partial charge in [0.15, 0.2) is 0 Å². The predicted molar refractivity (Wildman–Crippen MR) is 129 cm³/mol. The number of hydrogen-bond donors (Lipinski definition) is 0. The van der Waals surface area contributed by atoms with Gasteiger partial charge in [-0.15, -0.1) is 0 Å². The van der Waals surface area contributed by atoms with Gasteiger partial charge in [0.2, 0.25) is 17.6 Å². The quantitative estimate of drug-likeness (QED) is 0.186. The summed E-state index contributed by atoms with van der Waals surface area (Å²) in [6.07, 6.45) is 2.61. The van der Waals surface area contributed by atoms with Crippen molar-refractivity contribution in [1.29, 1.82) is 0 Å². The van der Waals surface area contributed by atoms with E-state index >= 15 is 0 Å². The highest BCUT2D eigenvalue weighted by molar-refractivity contribution is 6.30. The molecule has 0 aliphatic heterocycles. The molecule has 0 radical (unpaired) electrons. The molecule has 0 spiro atoms. The van der Waals surface area contributed by atoms with Crippen LogP contribution in [0.1, 0.15) is 5.56 Å². The molecule has 4 aromatic rings. The molecule has 10 heteroatoms. The lowest BCUT2D eigenvalue weighted by Crippen LogP contribution is -2.06. The molecule has 0 aliphatic carbocycles. The van der Waals surface area contributed by atoms with Crippen LogP contribution in [0, 0.1) is 0 Å². The van der Waals surface area contributed by atoms with Crippen LogP contribution in [0.4, 0.5) is 0 Å². The van der Waals surface area contributed by atoms with E-state index in [1.54, 1.807) is 54.2 Å². The van der Waals surface area contributed by atoms with Crippen molar-refractivity contribution in [2.75, 3.05) is 14.2 Å². The molecule has 2 aromatic heterocycles. The fraction of sp³-hybridized carbons (Fsp3) is 0.120. The maximum Gasteiger partial charge on any atom is 0.341 e. The first-order valence-electron chi connectivity index (χ1n) is 10.4. The summed E-state index contributed by atoms with van der Waals surface area (Å²) in [5, 5.41) is 5.13. The summed E-state index contributed by atoms with van der Waals surface area (Å²) >= 11 is 5.97. The zero-order chi connectivity index (χ0) is 24.8. The number of ether oxygens (including phenoxy) is 4. The number of benzene rings is 2. The van der Waals surface area contributed by atoms with E-state index in [9.17, 15) is 4.79 Å². The number of aromatic nitrogens is 4. The van der Waals surface area contributed by atoms with E-state index in [0.29, 0.717) is 22.2 Å². The monoisotopic (exact) mass is 492 g/mol. The lowest BCUT2D eigenvalue weighted by Gasteiger charge is -2.12. The van der Waals surface area contributed by atoms with E-state index in [0.717, 1.165) is 11.3 Å². The van der Waals surface area contributed by atoms with Crippen molar-refractivity contribution in [3.63, 3.8) is 0 Å². The number of aryl methyl sites for hydroxylation is 1. The van der Waals surface area contributed by atoms with Gasteiger partial charge in [-0.1, -0.05) is 41.9 Å². The summed E-state index contributed by atoms with van der Waals surface area (Å²) in [6, 6.07) is 17.6. The number of para-hydroxylation sites is 1. The molecule has 0 atom stereocenters. The van der Waals surface area contributed by atoms with Gasteiger partial charge in [0.1, 0.15) is 17.6 Å². The van der Waals surface area contributed by atoms with Crippen molar-refractivity contribution >= 4 is 23.1 Å². The van der Waals surface area contributed by atoms with Gasteiger partial charge in [0.05, 0.1) is 32.2 Å². The second-order valence-electron chi connectivity index (χ2n) is 7.15. The van der Waals surface area contributed by atoms with Crippen molar-refractivity contribution in [1.82, 2.24) is 19.7 Å². The van der Waals surface area contributed by atoms with Crippen LogP contribution in [0.15, 0.2) is 73.3 Å². The van der Waals surface area contributed by atoms with Crippen LogP contribution in [0.3, 0.4) is 0 Å². The summed E-state index contributed by atoms with van der Waals surface area (Å²) < 4.78 is 23.4. The standard InChI is InChI=1S/C25H21ClN4O5/c1-30-24(12-20(29-30)16-8-10-17(26)11-9-16)35-23-13-22(27-15-28-23)34-21-7-5-4-6-18(21)19(14-32-2)25(31)33-3/h4-15H,1-3H3. The molecule has 178 valence electrons. The Morgan fingerprint density at radius 2 is 1.69 bits per heavy atom. The van der Waals surface area contributed by atoms with Crippen LogP contribution in [0.5, 0.6) is 23.4 Å². The highest BCUT2D eigenvalue weighted by Gasteiger charge is 2.19. The predicted octanol–water partition coefficient (Wildman–Crippen LogP) is 5.28. The van der Waals surface area contributed by atoms with Crippen molar-refractivity contribution in [3.05, 3.63) is 83.8 Å². The number of carbonyl (C=O) groups is 1. The lowest BCUT2D eigenvalue weighted by atomic mass is 10.1. The van der Waals surface area contributed by atoms with Gasteiger partial charge in [0, 0.05) is 29.3 Å². The number of nitrogens with zero attached hydrogens (tertiary/aromatic N) is 4. The lowest BCUT2D eigenvalue weighted by molar-refractivity contribution is -0.133. The van der Waals surface area contributed by atoms with Gasteiger partial charge in [-0.2, -0.15) is 5.10 Å². The van der Waals surface area contributed by atoms with E-state index in [2.05, 4.69) is 15.1 Å². The van der Waals surface area contributed by atoms with E-state index in [-0.39, 0.29) is 17.3 Å². The third-order valence-electron chi connectivity index (χ3n) is 4.84. The zero-order valence-electron chi connectivity index (χ0n) is 19.1. The molecule has 4 rings (SSSR count). The maximum atomic E-state index is 12.2. The molecular formula is C25H21ClN4O5. The smallest absolute Gasteiger partial charge is 0.341 e. The second kappa shape index (κ2) is 10.7. The molecule has 2 heterocycles. The van der Waals surface area contributed by atoms with Crippen molar-refractivity contribution < 1.29 is 23.7 Å². The SMILES string of the molecule is COC=C(C(=O)OC)c1ccccc1Oc1cc(Oc2cc(-c3ccc(Cl)cc3)nn2C)ncn1. The van der Waals surface area contributed by atoms with Gasteiger partial charge in [-0.3, -0.25) is 0 Å². The third kappa shape index (κ3) is 5.59. The van der Waals surface area contributed by atoms with Gasteiger partial charge in [-0.05, 0) is 18.2 Å². The molecule has 0 aliphatic rings. The first kappa shape index (κ1) is 23.8. The van der Waals surface area contributed by atoms with E-state index in [4.69, 9.17) is 30.5 Å². The van der Waals surface area contributed by atoms with Gasteiger partial charge >= 0.3 is 5.97 Å². The fourth-order valence-electron chi connectivity index (χ4n) is 3.19. The Labute approximate surface area is 206 Å². The molecule has 0 saturated heterocycles. The van der Waals surface area contributed by atoms with Crippen molar-refractivity contribution in [2.24, 2.45) is 7.05 Å². The Hall–Kier alpha value is -4.37. The minimum absolute atomic E-state index is 0.195. The number of methoxy groups -OCH3 is 2. The largest absolute Gasteiger partial charge is 0.503 e. The fourth-order valence-corrected chi connectivity index (χ4v) is 3.32. The van der Waals surface area contributed by atoms with E-state index in [1.165, 1.54) is 32.9 Å². The third-order valence-corrected chi connectivity index (χ3v) is 5.09. The van der Waals surface area contributed by atoms with Crippen molar-refractivity contribution in [2.45, 2.75) is 0 Å². The Morgan fingerprint density at radius 3 is 2.40 bits per heavy atom. The average molecular weight is 493 g/mol. The number of rotatable bonds is 8. The molecule has 2 aromatic carbocycles. The Morgan fingerprint density at radius 1 is 0.971 bits per heavy atom. The minimum Gasteiger partial charge on any atom is -0.503 e. The summed E-state index contributed by atoms with van der Waals surface area (Å²) in [5.41, 5.74) is 2.29. The summed E-state index contributed by atoms with van der Waals surface area (Å²) in [4.78, 5) is 20.5. The normalized spacial score (nSPS) is 11.1. The number of hydrogen-bond acceptors (Lipinski definition) is 8. The van der Waals surface area contributed by atoms with Crippen LogP contribution in [-0.4, -0.2) is 39.9 Å². The highest BCUT2D eigenvalue weighted by Crippen LogP contribution is 2.32. The Balaban J connectivity index is 1.57. The minimum atomic E-state index is -0.567. The van der Waals surface area contributed by atoms with Crippen LogP contribution in [0.2, 0.25) is 5.02 Å². The van der Waals surface area contributed by atoms with Crippen LogP contribution in [0.25, 0.3) is 16.8 Å². The molecule has 0 fully saturated rings. The van der Waals surface area contributed by atoms with Crippen LogP contribution >= 0.6 is 11.6 Å². The molecule has 0 bridgehead atoms.